The van der Waals surface area contributed by atoms with Crippen LogP contribution in [0.4, 0.5) is 0 Å². The van der Waals surface area contributed by atoms with Crippen LogP contribution in [0.5, 0.6) is 0 Å². The fourth-order valence-electron chi connectivity index (χ4n) is 7.71. The molecule has 1 N–H and O–H groups in total. The van der Waals surface area contributed by atoms with Crippen LogP contribution >= 0.6 is 0 Å². The van der Waals surface area contributed by atoms with Gasteiger partial charge < -0.3 is 9.67 Å². The van der Waals surface area contributed by atoms with E-state index in [-0.39, 0.29) is 11.5 Å². The molecule has 2 aromatic rings. The highest BCUT2D eigenvalue weighted by atomic mass is 16.3. The molecule has 29 heavy (non-hydrogen) atoms. The summed E-state index contributed by atoms with van der Waals surface area (Å²) in [4.78, 5) is 4.67. The molecule has 1 aromatic heterocycles. The zero-order chi connectivity index (χ0) is 19.8. The first-order valence-electron chi connectivity index (χ1n) is 11.5. The van der Waals surface area contributed by atoms with E-state index < -0.39 is 0 Å². The third-order valence-corrected chi connectivity index (χ3v) is 9.33. The number of aliphatic hydroxyl groups excluding tert-OH is 1. The average molecular weight is 389 g/mol. The second-order valence-electron chi connectivity index (χ2n) is 10.5. The second-order valence-corrected chi connectivity index (χ2v) is 10.5. The lowest BCUT2D eigenvalue weighted by Gasteiger charge is -2.57. The van der Waals surface area contributed by atoms with Gasteiger partial charge in [-0.1, -0.05) is 43.7 Å². The SMILES string of the molecule is C[C@]12CC[C@H](O)CC1=CC[C@H]1[C@H]2CC[C@]2(C)C(n3cnc4ccccc43)=CC[C@H]12. The monoisotopic (exact) mass is 388 g/mol. The first-order chi connectivity index (χ1) is 14.0. The molecule has 4 aliphatic rings. The van der Waals surface area contributed by atoms with Crippen LogP contribution in [0, 0.1) is 28.6 Å². The highest BCUT2D eigenvalue weighted by Crippen LogP contribution is 2.65. The minimum absolute atomic E-state index is 0.117. The van der Waals surface area contributed by atoms with Crippen LogP contribution in [0.2, 0.25) is 0 Å². The number of fused-ring (bicyclic) bond motifs is 6. The molecule has 2 fully saturated rings. The lowest BCUT2D eigenvalue weighted by molar-refractivity contribution is -0.0249. The van der Waals surface area contributed by atoms with Gasteiger partial charge in [0.05, 0.1) is 17.1 Å². The van der Waals surface area contributed by atoms with Gasteiger partial charge in [-0.25, -0.2) is 4.98 Å². The molecule has 2 saturated carbocycles. The fraction of sp³-hybridized carbons (Fsp3) is 0.577. The van der Waals surface area contributed by atoms with Gasteiger partial charge in [-0.3, -0.25) is 0 Å². The summed E-state index contributed by atoms with van der Waals surface area (Å²) in [6.07, 6.45) is 15.0. The molecule has 3 heteroatoms. The van der Waals surface area contributed by atoms with Crippen molar-refractivity contribution in [1.82, 2.24) is 9.55 Å². The standard InChI is InChI=1S/C26H32N2O/c1-25-13-11-18(29)15-17(25)7-8-19-20-9-10-24(26(20,2)14-12-21(19)25)28-16-27-22-5-3-4-6-23(22)28/h3-7,10,16,18-21,29H,8-9,11-15H2,1-2H3/t18-,19+,20+,21+,25-,26-/m0/s1. The maximum absolute atomic E-state index is 10.2. The summed E-state index contributed by atoms with van der Waals surface area (Å²) in [6.45, 7) is 5.03. The molecule has 152 valence electrons. The van der Waals surface area contributed by atoms with E-state index in [1.165, 1.54) is 36.9 Å². The van der Waals surface area contributed by atoms with Gasteiger partial charge >= 0.3 is 0 Å². The van der Waals surface area contributed by atoms with Gasteiger partial charge in [0.1, 0.15) is 6.33 Å². The third-order valence-electron chi connectivity index (χ3n) is 9.33. The molecule has 6 rings (SSSR count). The molecule has 6 atom stereocenters. The van der Waals surface area contributed by atoms with E-state index in [0.717, 1.165) is 42.5 Å². The smallest absolute Gasteiger partial charge is 0.100 e. The van der Waals surface area contributed by atoms with Crippen LogP contribution < -0.4 is 0 Å². The topological polar surface area (TPSA) is 38.0 Å². The number of hydrogen-bond acceptors (Lipinski definition) is 2. The number of benzene rings is 1. The maximum atomic E-state index is 10.2. The van der Waals surface area contributed by atoms with Crippen LogP contribution in [0.3, 0.4) is 0 Å². The summed E-state index contributed by atoms with van der Waals surface area (Å²) in [7, 11) is 0. The molecule has 0 unspecified atom stereocenters. The van der Waals surface area contributed by atoms with Gasteiger partial charge in [0.25, 0.3) is 0 Å². The number of para-hydroxylation sites is 2. The van der Waals surface area contributed by atoms with Crippen LogP contribution in [0.25, 0.3) is 16.7 Å². The molecule has 4 aliphatic carbocycles. The minimum atomic E-state index is -0.117. The summed E-state index contributed by atoms with van der Waals surface area (Å²) in [5.74, 6) is 2.26. The predicted octanol–water partition coefficient (Wildman–Crippen LogP) is 5.81. The van der Waals surface area contributed by atoms with Gasteiger partial charge in [0, 0.05) is 11.1 Å². The van der Waals surface area contributed by atoms with Crippen LogP contribution in [-0.2, 0) is 0 Å². The van der Waals surface area contributed by atoms with Gasteiger partial charge in [-0.2, -0.15) is 0 Å². The van der Waals surface area contributed by atoms with Gasteiger partial charge in [0.15, 0.2) is 0 Å². The summed E-state index contributed by atoms with van der Waals surface area (Å²) < 4.78 is 2.37. The van der Waals surface area contributed by atoms with Crippen molar-refractivity contribution >= 4 is 16.7 Å². The van der Waals surface area contributed by atoms with Crippen molar-refractivity contribution in [3.05, 3.63) is 48.3 Å². The normalized spacial score (nSPS) is 41.3. The Hall–Kier alpha value is -1.87. The Kier molecular flexibility index (Phi) is 3.76. The number of hydrogen-bond donors (Lipinski definition) is 1. The Bertz CT molecular complexity index is 1030. The molecule has 0 spiro atoms. The Balaban J connectivity index is 1.36. The molecule has 0 aliphatic heterocycles. The molecule has 0 bridgehead atoms. The zero-order valence-corrected chi connectivity index (χ0v) is 17.6. The molecular formula is C26H32N2O. The molecule has 3 nitrogen and oxygen atoms in total. The summed E-state index contributed by atoms with van der Waals surface area (Å²) in [5.41, 5.74) is 5.92. The van der Waals surface area contributed by atoms with E-state index in [1.807, 2.05) is 6.33 Å². The number of imidazole rings is 1. The first kappa shape index (κ1) is 17.9. The summed E-state index contributed by atoms with van der Waals surface area (Å²) >= 11 is 0. The molecule has 1 aromatic carbocycles. The number of aliphatic hydroxyl groups is 1. The largest absolute Gasteiger partial charge is 0.393 e. The lowest BCUT2D eigenvalue weighted by atomic mass is 9.48. The minimum Gasteiger partial charge on any atom is -0.393 e. The van der Waals surface area contributed by atoms with E-state index >= 15 is 0 Å². The van der Waals surface area contributed by atoms with Crippen LogP contribution in [0.1, 0.15) is 58.8 Å². The highest BCUT2D eigenvalue weighted by Gasteiger charge is 2.57. The van der Waals surface area contributed by atoms with Gasteiger partial charge in [0.2, 0.25) is 0 Å². The molecular weight excluding hydrogens is 356 g/mol. The average Bonchev–Trinajstić information content (AvgIpc) is 3.29. The Morgan fingerprint density at radius 1 is 1.00 bits per heavy atom. The van der Waals surface area contributed by atoms with Gasteiger partial charge in [-0.15, -0.1) is 0 Å². The van der Waals surface area contributed by atoms with Crippen molar-refractivity contribution in [1.29, 1.82) is 0 Å². The van der Waals surface area contributed by atoms with Crippen molar-refractivity contribution in [2.45, 2.75) is 64.9 Å². The van der Waals surface area contributed by atoms with E-state index in [2.05, 4.69) is 59.8 Å². The quantitative estimate of drug-likeness (QED) is 0.626. The van der Waals surface area contributed by atoms with Crippen molar-refractivity contribution in [2.24, 2.45) is 28.6 Å². The van der Waals surface area contributed by atoms with Gasteiger partial charge in [-0.05, 0) is 80.2 Å². The molecule has 0 saturated heterocycles. The number of nitrogens with zero attached hydrogens (tertiary/aromatic N) is 2. The Labute approximate surface area is 173 Å². The second kappa shape index (κ2) is 6.07. The zero-order valence-electron chi connectivity index (χ0n) is 17.6. The van der Waals surface area contributed by atoms with E-state index in [4.69, 9.17) is 0 Å². The van der Waals surface area contributed by atoms with Crippen LogP contribution in [0.15, 0.2) is 48.3 Å². The summed E-state index contributed by atoms with van der Waals surface area (Å²) in [6, 6.07) is 8.52. The van der Waals surface area contributed by atoms with Crippen molar-refractivity contribution in [3.63, 3.8) is 0 Å². The van der Waals surface area contributed by atoms with E-state index in [0.29, 0.717) is 5.41 Å². The van der Waals surface area contributed by atoms with Crippen molar-refractivity contribution in [2.75, 3.05) is 0 Å². The number of allylic oxidation sites excluding steroid dienone is 3. The number of rotatable bonds is 1. The molecule has 1 heterocycles. The van der Waals surface area contributed by atoms with Crippen molar-refractivity contribution < 1.29 is 5.11 Å². The van der Waals surface area contributed by atoms with Crippen molar-refractivity contribution in [3.8, 4) is 0 Å². The third kappa shape index (κ3) is 2.37. The lowest BCUT2D eigenvalue weighted by Crippen LogP contribution is -2.50. The Morgan fingerprint density at radius 3 is 2.72 bits per heavy atom. The summed E-state index contributed by atoms with van der Waals surface area (Å²) in [5, 5.41) is 10.2. The number of aromatic nitrogens is 2. The first-order valence-corrected chi connectivity index (χ1v) is 11.5. The maximum Gasteiger partial charge on any atom is 0.100 e. The molecule has 0 amide bonds. The Morgan fingerprint density at radius 2 is 1.83 bits per heavy atom. The molecule has 0 radical (unpaired) electrons. The predicted molar refractivity (Wildman–Crippen MR) is 117 cm³/mol. The van der Waals surface area contributed by atoms with E-state index in [1.54, 1.807) is 5.57 Å². The van der Waals surface area contributed by atoms with Crippen LogP contribution in [-0.4, -0.2) is 20.8 Å². The fourth-order valence-corrected chi connectivity index (χ4v) is 7.71. The highest BCUT2D eigenvalue weighted by molar-refractivity contribution is 5.80. The van der Waals surface area contributed by atoms with E-state index in [9.17, 15) is 5.11 Å².